The van der Waals surface area contributed by atoms with E-state index in [9.17, 15) is 8.42 Å². The first-order valence-electron chi connectivity index (χ1n) is 5.88. The van der Waals surface area contributed by atoms with Crippen LogP contribution in [0.15, 0.2) is 35.7 Å². The van der Waals surface area contributed by atoms with E-state index in [1.165, 1.54) is 23.6 Å². The summed E-state index contributed by atoms with van der Waals surface area (Å²) in [5.41, 5.74) is 1.59. The summed E-state index contributed by atoms with van der Waals surface area (Å²) in [5.74, 6) is 0.304. The molecule has 2 heterocycles. The third-order valence-corrected chi connectivity index (χ3v) is 4.82. The van der Waals surface area contributed by atoms with E-state index in [2.05, 4.69) is 10.1 Å². The minimum Gasteiger partial charge on any atom is -0.275 e. The van der Waals surface area contributed by atoms with Gasteiger partial charge in [-0.2, -0.15) is 9.40 Å². The molecule has 0 fully saturated rings. The van der Waals surface area contributed by atoms with Gasteiger partial charge in [0.25, 0.3) is 10.0 Å². The lowest BCUT2D eigenvalue weighted by Gasteiger charge is -2.15. The summed E-state index contributed by atoms with van der Waals surface area (Å²) in [6.07, 6.45) is 4.88. The van der Waals surface area contributed by atoms with Gasteiger partial charge in [0.05, 0.1) is 6.20 Å². The molecule has 108 valence electrons. The molecule has 2 aromatic heterocycles. The second-order valence-electron chi connectivity index (χ2n) is 4.42. The summed E-state index contributed by atoms with van der Waals surface area (Å²) < 4.78 is 27.6. The Bertz CT molecular complexity index is 682. The molecule has 0 aliphatic carbocycles. The summed E-state index contributed by atoms with van der Waals surface area (Å²) in [4.78, 5) is 3.95. The number of aromatic nitrogens is 3. The monoisotopic (exact) mass is 314 g/mol. The first kappa shape index (κ1) is 15.0. The molecule has 0 N–H and O–H groups in total. The molecule has 6 nitrogen and oxygen atoms in total. The highest BCUT2D eigenvalue weighted by molar-refractivity contribution is 7.89. The van der Waals surface area contributed by atoms with Crippen molar-refractivity contribution >= 4 is 21.6 Å². The SMILES string of the molecule is CN(Cc1cnn(C)c1)S(=O)(=O)c1ccc(CCl)cn1. The van der Waals surface area contributed by atoms with Gasteiger partial charge in [0, 0.05) is 44.5 Å². The van der Waals surface area contributed by atoms with Crippen LogP contribution in [0.4, 0.5) is 0 Å². The van der Waals surface area contributed by atoms with Gasteiger partial charge in [0.15, 0.2) is 5.03 Å². The minimum absolute atomic E-state index is 0.0118. The van der Waals surface area contributed by atoms with Crippen molar-refractivity contribution in [2.75, 3.05) is 7.05 Å². The molecule has 0 radical (unpaired) electrons. The van der Waals surface area contributed by atoms with E-state index in [-0.39, 0.29) is 11.6 Å². The van der Waals surface area contributed by atoms with Crippen LogP contribution in [0.1, 0.15) is 11.1 Å². The standard InChI is InChI=1S/C12H15ClN4O2S/c1-16-8-11(7-15-16)9-17(2)20(18,19)12-4-3-10(5-13)6-14-12/h3-4,6-8H,5,9H2,1-2H3. The van der Waals surface area contributed by atoms with Gasteiger partial charge in [0.2, 0.25) is 0 Å². The third kappa shape index (κ3) is 3.17. The Morgan fingerprint density at radius 1 is 1.30 bits per heavy atom. The third-order valence-electron chi connectivity index (χ3n) is 2.79. The largest absolute Gasteiger partial charge is 0.275 e. The number of nitrogens with zero attached hydrogens (tertiary/aromatic N) is 4. The number of pyridine rings is 1. The molecule has 8 heteroatoms. The molecule has 20 heavy (non-hydrogen) atoms. The lowest BCUT2D eigenvalue weighted by molar-refractivity contribution is 0.463. The number of halogens is 1. The molecule has 2 aromatic rings. The minimum atomic E-state index is -3.61. The molecule has 0 saturated carbocycles. The number of rotatable bonds is 5. The first-order valence-corrected chi connectivity index (χ1v) is 7.85. The fourth-order valence-corrected chi connectivity index (χ4v) is 2.92. The van der Waals surface area contributed by atoms with E-state index in [4.69, 9.17) is 11.6 Å². The maximum Gasteiger partial charge on any atom is 0.260 e. The zero-order valence-electron chi connectivity index (χ0n) is 11.2. The lowest BCUT2D eigenvalue weighted by Crippen LogP contribution is -2.27. The van der Waals surface area contributed by atoms with Crippen molar-refractivity contribution < 1.29 is 8.42 Å². The Morgan fingerprint density at radius 3 is 2.55 bits per heavy atom. The van der Waals surface area contributed by atoms with Gasteiger partial charge in [-0.25, -0.2) is 13.4 Å². The smallest absolute Gasteiger partial charge is 0.260 e. The van der Waals surface area contributed by atoms with Crippen molar-refractivity contribution in [1.29, 1.82) is 0 Å². The molecule has 0 aromatic carbocycles. The highest BCUT2D eigenvalue weighted by Gasteiger charge is 2.22. The summed E-state index contributed by atoms with van der Waals surface area (Å²) >= 11 is 5.66. The average molecular weight is 315 g/mol. The summed E-state index contributed by atoms with van der Waals surface area (Å²) in [7, 11) is -0.315. The number of sulfonamides is 1. The second kappa shape index (κ2) is 5.90. The molecular weight excluding hydrogens is 300 g/mol. The maximum atomic E-state index is 12.3. The number of aryl methyl sites for hydroxylation is 1. The Labute approximate surface area is 123 Å². The Hall–Kier alpha value is -1.44. The molecule has 0 aliphatic heterocycles. The topological polar surface area (TPSA) is 68.1 Å². The summed E-state index contributed by atoms with van der Waals surface area (Å²) in [5, 5.41) is 4.02. The van der Waals surface area contributed by atoms with E-state index in [1.807, 2.05) is 0 Å². The van der Waals surface area contributed by atoms with Crippen LogP contribution in [0.3, 0.4) is 0 Å². The van der Waals surface area contributed by atoms with Crippen LogP contribution < -0.4 is 0 Å². The van der Waals surface area contributed by atoms with Gasteiger partial charge in [0.1, 0.15) is 0 Å². The maximum absolute atomic E-state index is 12.3. The van der Waals surface area contributed by atoms with E-state index in [0.717, 1.165) is 11.1 Å². The lowest BCUT2D eigenvalue weighted by atomic mass is 10.3. The van der Waals surface area contributed by atoms with E-state index < -0.39 is 10.0 Å². The van der Waals surface area contributed by atoms with Crippen molar-refractivity contribution in [3.05, 3.63) is 41.9 Å². The average Bonchev–Trinajstić information content (AvgIpc) is 2.84. The van der Waals surface area contributed by atoms with Gasteiger partial charge in [-0.05, 0) is 11.6 Å². The van der Waals surface area contributed by atoms with Gasteiger partial charge in [-0.15, -0.1) is 11.6 Å². The molecule has 0 amide bonds. The zero-order chi connectivity index (χ0) is 14.8. The first-order chi connectivity index (χ1) is 9.43. The van der Waals surface area contributed by atoms with E-state index in [0.29, 0.717) is 5.88 Å². The normalized spacial score (nSPS) is 12.0. The van der Waals surface area contributed by atoms with Crippen molar-refractivity contribution in [1.82, 2.24) is 19.1 Å². The molecule has 0 unspecified atom stereocenters. The number of hydrogen-bond acceptors (Lipinski definition) is 4. The van der Waals surface area contributed by atoms with Crippen LogP contribution in [0.5, 0.6) is 0 Å². The van der Waals surface area contributed by atoms with Gasteiger partial charge in [-0.1, -0.05) is 6.07 Å². The molecule has 0 aliphatic rings. The fourth-order valence-electron chi connectivity index (χ4n) is 1.70. The van der Waals surface area contributed by atoms with Crippen LogP contribution >= 0.6 is 11.6 Å². The number of hydrogen-bond donors (Lipinski definition) is 0. The van der Waals surface area contributed by atoms with Crippen LogP contribution in [0, 0.1) is 0 Å². The van der Waals surface area contributed by atoms with E-state index >= 15 is 0 Å². The Morgan fingerprint density at radius 2 is 2.05 bits per heavy atom. The van der Waals surface area contributed by atoms with Crippen molar-refractivity contribution in [3.63, 3.8) is 0 Å². The van der Waals surface area contributed by atoms with Crippen molar-refractivity contribution in [2.45, 2.75) is 17.5 Å². The van der Waals surface area contributed by atoms with Gasteiger partial charge in [-0.3, -0.25) is 4.68 Å². The molecule has 0 bridgehead atoms. The quantitative estimate of drug-likeness (QED) is 0.782. The molecular formula is C12H15ClN4O2S. The van der Waals surface area contributed by atoms with Crippen molar-refractivity contribution in [3.8, 4) is 0 Å². The predicted molar refractivity (Wildman–Crippen MR) is 75.7 cm³/mol. The predicted octanol–water partition coefficient (Wildman–Crippen LogP) is 1.37. The number of alkyl halides is 1. The van der Waals surface area contributed by atoms with Gasteiger partial charge < -0.3 is 0 Å². The van der Waals surface area contributed by atoms with E-state index in [1.54, 1.807) is 30.2 Å². The highest BCUT2D eigenvalue weighted by atomic mass is 35.5. The molecule has 0 saturated heterocycles. The zero-order valence-corrected chi connectivity index (χ0v) is 12.8. The van der Waals surface area contributed by atoms with Crippen molar-refractivity contribution in [2.24, 2.45) is 7.05 Å². The van der Waals surface area contributed by atoms with Crippen LogP contribution in [0.25, 0.3) is 0 Å². The van der Waals surface area contributed by atoms with Crippen LogP contribution in [-0.2, 0) is 29.5 Å². The Balaban J connectivity index is 2.19. The molecule has 0 spiro atoms. The fraction of sp³-hybridized carbons (Fsp3) is 0.333. The highest BCUT2D eigenvalue weighted by Crippen LogP contribution is 2.15. The summed E-state index contributed by atoms with van der Waals surface area (Å²) in [6, 6.07) is 3.12. The summed E-state index contributed by atoms with van der Waals surface area (Å²) in [6.45, 7) is 0.245. The van der Waals surface area contributed by atoms with Crippen LogP contribution in [-0.4, -0.2) is 34.5 Å². The molecule has 0 atom stereocenters. The van der Waals surface area contributed by atoms with Gasteiger partial charge >= 0.3 is 0 Å². The van der Waals surface area contributed by atoms with Crippen LogP contribution in [0.2, 0.25) is 0 Å². The molecule has 2 rings (SSSR count). The Kier molecular flexibility index (Phi) is 4.42. The second-order valence-corrected chi connectivity index (χ2v) is 6.68.